The zero-order valence-corrected chi connectivity index (χ0v) is 12.3. The fraction of sp³-hybridized carbons (Fsp3) is 0.294. The zero-order chi connectivity index (χ0) is 15.6. The lowest BCUT2D eigenvalue weighted by atomic mass is 9.97. The first kappa shape index (κ1) is 16.0. The summed E-state index contributed by atoms with van der Waals surface area (Å²) >= 11 is 0. The van der Waals surface area contributed by atoms with Crippen molar-refractivity contribution in [2.45, 2.75) is 18.9 Å². The van der Waals surface area contributed by atoms with Gasteiger partial charge in [0.2, 0.25) is 0 Å². The van der Waals surface area contributed by atoms with Crippen LogP contribution in [0.2, 0.25) is 0 Å². The monoisotopic (exact) mass is 300 g/mol. The number of hydrogen-bond acceptors (Lipinski definition) is 4. The number of nitrogens with one attached hydrogen (secondary N) is 1. The van der Waals surface area contributed by atoms with Crippen molar-refractivity contribution in [2.24, 2.45) is 0 Å². The number of amides is 1. The highest BCUT2D eigenvalue weighted by molar-refractivity contribution is 5.67. The molecule has 0 aliphatic heterocycles. The van der Waals surface area contributed by atoms with Crippen LogP contribution >= 0.6 is 0 Å². The number of hydrogen-bond donors (Lipinski definition) is 2. The molecule has 0 fully saturated rings. The van der Waals surface area contributed by atoms with Gasteiger partial charge in [0.05, 0.1) is 0 Å². The predicted molar refractivity (Wildman–Crippen MR) is 83.3 cm³/mol. The third-order valence-corrected chi connectivity index (χ3v) is 3.36. The van der Waals surface area contributed by atoms with Gasteiger partial charge in [-0.2, -0.15) is 0 Å². The molecule has 5 heteroatoms. The highest BCUT2D eigenvalue weighted by Gasteiger charge is 2.13. The summed E-state index contributed by atoms with van der Waals surface area (Å²) in [5.74, 6) is 0.0391. The van der Waals surface area contributed by atoms with Crippen molar-refractivity contribution in [3.63, 3.8) is 0 Å². The van der Waals surface area contributed by atoms with Gasteiger partial charge in [-0.25, -0.2) is 4.79 Å². The van der Waals surface area contributed by atoms with Crippen LogP contribution in [0.3, 0.4) is 0 Å². The number of rotatable bonds is 7. The Hall–Kier alpha value is -2.40. The zero-order valence-electron chi connectivity index (χ0n) is 12.3. The molecule has 1 amide bonds. The van der Waals surface area contributed by atoms with E-state index >= 15 is 0 Å². The fourth-order valence-electron chi connectivity index (χ4n) is 2.16. The van der Waals surface area contributed by atoms with Crippen LogP contribution in [0.25, 0.3) is 0 Å². The average Bonchev–Trinajstić information content (AvgIpc) is 2.58. The van der Waals surface area contributed by atoms with Gasteiger partial charge < -0.3 is 15.2 Å². The van der Waals surface area contributed by atoms with E-state index in [2.05, 4.69) is 10.3 Å². The maximum Gasteiger partial charge on any atom is 0.407 e. The van der Waals surface area contributed by atoms with Crippen molar-refractivity contribution in [2.75, 3.05) is 13.2 Å². The van der Waals surface area contributed by atoms with E-state index in [1.165, 1.54) is 0 Å². The molecule has 116 valence electrons. The molecule has 1 aromatic carbocycles. The van der Waals surface area contributed by atoms with Crippen LogP contribution in [0, 0.1) is 0 Å². The largest absolute Gasteiger partial charge is 0.445 e. The normalized spacial score (nSPS) is 11.7. The van der Waals surface area contributed by atoms with Gasteiger partial charge in [-0.1, -0.05) is 30.3 Å². The summed E-state index contributed by atoms with van der Waals surface area (Å²) in [5.41, 5.74) is 1.98. The molecule has 0 bridgehead atoms. The minimum Gasteiger partial charge on any atom is -0.445 e. The second-order valence-corrected chi connectivity index (χ2v) is 4.93. The molecule has 2 rings (SSSR count). The molecule has 0 saturated heterocycles. The van der Waals surface area contributed by atoms with Crippen molar-refractivity contribution in [1.29, 1.82) is 0 Å². The summed E-state index contributed by atoms with van der Waals surface area (Å²) in [6.07, 6.45) is 3.52. The Balaban J connectivity index is 1.80. The number of ether oxygens (including phenoxy) is 1. The Morgan fingerprint density at radius 2 is 1.91 bits per heavy atom. The number of carbonyl (C=O) groups is 1. The van der Waals surface area contributed by atoms with E-state index in [4.69, 9.17) is 9.84 Å². The SMILES string of the molecule is O=C(NCC(CCO)c1ccncc1)OCc1ccccc1. The predicted octanol–water partition coefficient (Wildman–Crippen LogP) is 2.47. The lowest BCUT2D eigenvalue weighted by Gasteiger charge is -2.16. The number of pyridine rings is 1. The smallest absolute Gasteiger partial charge is 0.407 e. The van der Waals surface area contributed by atoms with Crippen molar-refractivity contribution < 1.29 is 14.6 Å². The second-order valence-electron chi connectivity index (χ2n) is 4.93. The van der Waals surface area contributed by atoms with E-state index < -0.39 is 6.09 Å². The van der Waals surface area contributed by atoms with Crippen molar-refractivity contribution in [1.82, 2.24) is 10.3 Å². The Kier molecular flexibility index (Phi) is 6.39. The molecule has 1 aromatic heterocycles. The van der Waals surface area contributed by atoms with Gasteiger partial charge >= 0.3 is 6.09 Å². The van der Waals surface area contributed by atoms with Gasteiger partial charge in [-0.15, -0.1) is 0 Å². The maximum atomic E-state index is 11.7. The molecule has 0 aliphatic rings. The molecule has 0 radical (unpaired) electrons. The molecule has 0 aliphatic carbocycles. The van der Waals surface area contributed by atoms with E-state index in [0.29, 0.717) is 13.0 Å². The van der Waals surface area contributed by atoms with Crippen LogP contribution in [0.1, 0.15) is 23.5 Å². The lowest BCUT2D eigenvalue weighted by molar-refractivity contribution is 0.138. The molecule has 2 aromatic rings. The Labute approximate surface area is 130 Å². The molecule has 2 N–H and O–H groups in total. The van der Waals surface area contributed by atoms with E-state index in [1.807, 2.05) is 42.5 Å². The van der Waals surface area contributed by atoms with Crippen LogP contribution in [-0.4, -0.2) is 29.3 Å². The number of aromatic nitrogens is 1. The molecular formula is C17H20N2O3. The van der Waals surface area contributed by atoms with Crippen LogP contribution in [0.4, 0.5) is 4.79 Å². The molecule has 1 unspecified atom stereocenters. The molecule has 0 saturated carbocycles. The van der Waals surface area contributed by atoms with E-state index in [9.17, 15) is 4.79 Å². The van der Waals surface area contributed by atoms with Crippen molar-refractivity contribution in [3.05, 3.63) is 66.0 Å². The van der Waals surface area contributed by atoms with Gasteiger partial charge in [0, 0.05) is 31.5 Å². The number of aliphatic hydroxyl groups excluding tert-OH is 1. The second kappa shape index (κ2) is 8.79. The Morgan fingerprint density at radius 1 is 1.18 bits per heavy atom. The lowest BCUT2D eigenvalue weighted by Crippen LogP contribution is -2.29. The third-order valence-electron chi connectivity index (χ3n) is 3.36. The molecule has 22 heavy (non-hydrogen) atoms. The van der Waals surface area contributed by atoms with Crippen LogP contribution in [0.5, 0.6) is 0 Å². The number of carbonyl (C=O) groups excluding carboxylic acids is 1. The van der Waals surface area contributed by atoms with Crippen molar-refractivity contribution >= 4 is 6.09 Å². The minimum atomic E-state index is -0.458. The van der Waals surface area contributed by atoms with Gasteiger partial charge in [-0.3, -0.25) is 4.98 Å². The topological polar surface area (TPSA) is 71.5 Å². The maximum absolute atomic E-state index is 11.7. The number of nitrogens with zero attached hydrogens (tertiary/aromatic N) is 1. The molecular weight excluding hydrogens is 280 g/mol. The number of alkyl carbamates (subject to hydrolysis) is 1. The summed E-state index contributed by atoms with van der Waals surface area (Å²) in [6.45, 7) is 0.721. The van der Waals surface area contributed by atoms with E-state index in [0.717, 1.165) is 11.1 Å². The average molecular weight is 300 g/mol. The Morgan fingerprint density at radius 3 is 2.59 bits per heavy atom. The molecule has 0 spiro atoms. The summed E-state index contributed by atoms with van der Waals surface area (Å²) < 4.78 is 5.17. The van der Waals surface area contributed by atoms with Crippen LogP contribution in [-0.2, 0) is 11.3 Å². The molecule has 5 nitrogen and oxygen atoms in total. The van der Waals surface area contributed by atoms with E-state index in [-0.39, 0.29) is 19.1 Å². The van der Waals surface area contributed by atoms with Crippen LogP contribution in [0.15, 0.2) is 54.9 Å². The highest BCUT2D eigenvalue weighted by Crippen LogP contribution is 2.17. The standard InChI is InChI=1S/C17H20N2O3/c20-11-8-16(15-6-9-18-10-7-15)12-19-17(21)22-13-14-4-2-1-3-5-14/h1-7,9-10,16,20H,8,11-13H2,(H,19,21). The summed E-state index contributed by atoms with van der Waals surface area (Å²) in [5, 5.41) is 11.9. The highest BCUT2D eigenvalue weighted by atomic mass is 16.5. The third kappa shape index (κ3) is 5.18. The van der Waals surface area contributed by atoms with E-state index in [1.54, 1.807) is 12.4 Å². The summed E-state index contributed by atoms with van der Waals surface area (Å²) in [7, 11) is 0. The molecule has 1 heterocycles. The van der Waals surface area contributed by atoms with Gasteiger partial charge in [0.15, 0.2) is 0 Å². The minimum absolute atomic E-state index is 0.0391. The molecule has 1 atom stereocenters. The van der Waals surface area contributed by atoms with Crippen molar-refractivity contribution in [3.8, 4) is 0 Å². The first-order valence-electron chi connectivity index (χ1n) is 7.25. The van der Waals surface area contributed by atoms with Gasteiger partial charge in [0.1, 0.15) is 6.61 Å². The fourth-order valence-corrected chi connectivity index (χ4v) is 2.16. The first-order chi connectivity index (χ1) is 10.8. The van der Waals surface area contributed by atoms with Gasteiger partial charge in [-0.05, 0) is 29.7 Å². The number of aliphatic hydroxyl groups is 1. The quantitative estimate of drug-likeness (QED) is 0.824. The Bertz CT molecular complexity index is 561. The summed E-state index contributed by atoms with van der Waals surface area (Å²) in [6, 6.07) is 13.3. The van der Waals surface area contributed by atoms with Gasteiger partial charge in [0.25, 0.3) is 0 Å². The first-order valence-corrected chi connectivity index (χ1v) is 7.25. The van der Waals surface area contributed by atoms with Crippen LogP contribution < -0.4 is 5.32 Å². The summed E-state index contributed by atoms with van der Waals surface area (Å²) in [4.78, 5) is 15.7. The number of benzene rings is 1.